The van der Waals surface area contributed by atoms with Crippen LogP contribution in [0.4, 0.5) is 0 Å². The van der Waals surface area contributed by atoms with Gasteiger partial charge in [0, 0.05) is 29.0 Å². The first-order valence-electron chi connectivity index (χ1n) is 5.09. The van der Waals surface area contributed by atoms with Gasteiger partial charge in [0.05, 0.1) is 6.61 Å². The molecule has 2 aromatic heterocycles. The van der Waals surface area contributed by atoms with Gasteiger partial charge in [-0.1, -0.05) is 17.7 Å². The van der Waals surface area contributed by atoms with Gasteiger partial charge in [0.25, 0.3) is 0 Å². The minimum atomic E-state index is 0.450. The maximum absolute atomic E-state index is 5.98. The Kier molecular flexibility index (Phi) is 4.34. The number of hydrogen-bond acceptors (Lipinski definition) is 3. The number of rotatable bonds is 4. The van der Waals surface area contributed by atoms with Crippen molar-refractivity contribution in [1.29, 1.82) is 0 Å². The normalized spacial score (nSPS) is 10.2. The quantitative estimate of drug-likeness (QED) is 0.866. The maximum atomic E-state index is 5.98. The van der Waals surface area contributed by atoms with Gasteiger partial charge in [-0.25, -0.2) is 4.98 Å². The molecule has 0 aliphatic carbocycles. The summed E-state index contributed by atoms with van der Waals surface area (Å²) in [5.41, 5.74) is 0.987. The SMILES string of the molecule is Clc1cc(Br)cnc1OCCc1ccccn1. The van der Waals surface area contributed by atoms with Crippen molar-refractivity contribution in [2.75, 3.05) is 6.61 Å². The molecule has 0 fully saturated rings. The molecule has 0 radical (unpaired) electrons. The number of ether oxygens (including phenoxy) is 1. The molecule has 0 unspecified atom stereocenters. The summed E-state index contributed by atoms with van der Waals surface area (Å²) in [5, 5.41) is 0.500. The maximum Gasteiger partial charge on any atom is 0.232 e. The van der Waals surface area contributed by atoms with Crippen molar-refractivity contribution in [3.63, 3.8) is 0 Å². The van der Waals surface area contributed by atoms with Crippen molar-refractivity contribution < 1.29 is 4.74 Å². The Morgan fingerprint density at radius 1 is 1.29 bits per heavy atom. The lowest BCUT2D eigenvalue weighted by atomic mass is 10.3. The molecule has 17 heavy (non-hydrogen) atoms. The topological polar surface area (TPSA) is 35.0 Å². The van der Waals surface area contributed by atoms with Crippen LogP contribution in [-0.4, -0.2) is 16.6 Å². The van der Waals surface area contributed by atoms with E-state index in [0.717, 1.165) is 16.6 Å². The van der Waals surface area contributed by atoms with E-state index in [0.29, 0.717) is 17.5 Å². The smallest absolute Gasteiger partial charge is 0.232 e. The van der Waals surface area contributed by atoms with Crippen molar-refractivity contribution in [2.24, 2.45) is 0 Å². The van der Waals surface area contributed by atoms with E-state index < -0.39 is 0 Å². The van der Waals surface area contributed by atoms with Gasteiger partial charge >= 0.3 is 0 Å². The third kappa shape index (κ3) is 3.68. The molecule has 0 saturated heterocycles. The molecule has 0 aliphatic rings. The first-order valence-corrected chi connectivity index (χ1v) is 6.26. The summed E-state index contributed by atoms with van der Waals surface area (Å²) in [7, 11) is 0. The first kappa shape index (κ1) is 12.3. The minimum Gasteiger partial charge on any atom is -0.476 e. The Hall–Kier alpha value is -1.13. The van der Waals surface area contributed by atoms with Gasteiger partial charge in [0.2, 0.25) is 5.88 Å². The van der Waals surface area contributed by atoms with Crippen LogP contribution in [0.3, 0.4) is 0 Å². The van der Waals surface area contributed by atoms with E-state index in [2.05, 4.69) is 25.9 Å². The van der Waals surface area contributed by atoms with E-state index in [1.54, 1.807) is 18.5 Å². The van der Waals surface area contributed by atoms with Crippen LogP contribution in [0.1, 0.15) is 5.69 Å². The minimum absolute atomic E-state index is 0.450. The van der Waals surface area contributed by atoms with Gasteiger partial charge in [-0.15, -0.1) is 0 Å². The van der Waals surface area contributed by atoms with Crippen molar-refractivity contribution >= 4 is 27.5 Å². The van der Waals surface area contributed by atoms with Crippen molar-refractivity contribution in [3.05, 3.63) is 51.8 Å². The number of nitrogens with zero attached hydrogens (tertiary/aromatic N) is 2. The fourth-order valence-corrected chi connectivity index (χ4v) is 1.99. The predicted molar refractivity (Wildman–Crippen MR) is 70.4 cm³/mol. The summed E-state index contributed by atoms with van der Waals surface area (Å²) < 4.78 is 6.32. The molecular weight excluding hydrogens is 304 g/mol. The van der Waals surface area contributed by atoms with E-state index in [9.17, 15) is 0 Å². The van der Waals surface area contributed by atoms with E-state index in [4.69, 9.17) is 16.3 Å². The van der Waals surface area contributed by atoms with E-state index in [1.807, 2.05) is 18.2 Å². The molecule has 3 nitrogen and oxygen atoms in total. The Balaban J connectivity index is 1.90. The van der Waals surface area contributed by atoms with Crippen LogP contribution in [0.15, 0.2) is 41.1 Å². The Labute approximate surface area is 113 Å². The van der Waals surface area contributed by atoms with Crippen LogP contribution in [0.2, 0.25) is 5.02 Å². The van der Waals surface area contributed by atoms with Crippen LogP contribution in [0.5, 0.6) is 5.88 Å². The van der Waals surface area contributed by atoms with Crippen molar-refractivity contribution in [1.82, 2.24) is 9.97 Å². The highest BCUT2D eigenvalue weighted by Gasteiger charge is 2.04. The highest BCUT2D eigenvalue weighted by atomic mass is 79.9. The summed E-state index contributed by atoms with van der Waals surface area (Å²) >= 11 is 9.27. The molecule has 0 aliphatic heterocycles. The molecule has 0 aromatic carbocycles. The number of halogens is 2. The molecule has 0 saturated carbocycles. The molecule has 2 heterocycles. The second-order valence-electron chi connectivity index (χ2n) is 3.36. The molecule has 5 heteroatoms. The summed E-state index contributed by atoms with van der Waals surface area (Å²) in [6.45, 7) is 0.505. The molecule has 88 valence electrons. The average Bonchev–Trinajstić information content (AvgIpc) is 2.33. The highest BCUT2D eigenvalue weighted by Crippen LogP contribution is 2.24. The van der Waals surface area contributed by atoms with Crippen LogP contribution in [0, 0.1) is 0 Å². The van der Waals surface area contributed by atoms with Crippen molar-refractivity contribution in [2.45, 2.75) is 6.42 Å². The largest absolute Gasteiger partial charge is 0.476 e. The molecule has 2 aromatic rings. The summed E-state index contributed by atoms with van der Waals surface area (Å²) in [5.74, 6) is 0.450. The third-order valence-corrected chi connectivity index (χ3v) is 2.80. The van der Waals surface area contributed by atoms with Gasteiger partial charge < -0.3 is 4.74 Å². The van der Waals surface area contributed by atoms with Gasteiger partial charge in [-0.05, 0) is 34.1 Å². The van der Waals surface area contributed by atoms with Gasteiger partial charge in [0.1, 0.15) is 5.02 Å². The third-order valence-electron chi connectivity index (χ3n) is 2.10. The number of pyridine rings is 2. The fourth-order valence-electron chi connectivity index (χ4n) is 1.31. The number of aromatic nitrogens is 2. The van der Waals surface area contributed by atoms with Crippen LogP contribution < -0.4 is 4.74 Å². The summed E-state index contributed by atoms with van der Waals surface area (Å²) in [4.78, 5) is 8.29. The van der Waals surface area contributed by atoms with Gasteiger partial charge in [-0.2, -0.15) is 0 Å². The average molecular weight is 314 g/mol. The zero-order valence-electron chi connectivity index (χ0n) is 8.94. The lowest BCUT2D eigenvalue weighted by molar-refractivity contribution is 0.308. The molecule has 0 N–H and O–H groups in total. The van der Waals surface area contributed by atoms with E-state index >= 15 is 0 Å². The molecule has 0 amide bonds. The fraction of sp³-hybridized carbons (Fsp3) is 0.167. The van der Waals surface area contributed by atoms with E-state index in [-0.39, 0.29) is 0 Å². The lowest BCUT2D eigenvalue weighted by Gasteiger charge is -2.06. The Morgan fingerprint density at radius 3 is 2.88 bits per heavy atom. The summed E-state index contributed by atoms with van der Waals surface area (Å²) in [6.07, 6.45) is 4.15. The highest BCUT2D eigenvalue weighted by molar-refractivity contribution is 9.10. The molecule has 0 spiro atoms. The van der Waals surface area contributed by atoms with Crippen LogP contribution in [0.25, 0.3) is 0 Å². The van der Waals surface area contributed by atoms with Crippen LogP contribution in [-0.2, 0) is 6.42 Å². The molecular formula is C12H10BrClN2O. The molecule has 2 rings (SSSR count). The van der Waals surface area contributed by atoms with Crippen molar-refractivity contribution in [3.8, 4) is 5.88 Å². The van der Waals surface area contributed by atoms with Gasteiger partial charge in [-0.3, -0.25) is 4.98 Å². The monoisotopic (exact) mass is 312 g/mol. The Morgan fingerprint density at radius 2 is 2.18 bits per heavy atom. The first-order chi connectivity index (χ1) is 8.25. The molecule has 0 atom stereocenters. The van der Waals surface area contributed by atoms with Gasteiger partial charge in [0.15, 0.2) is 0 Å². The lowest BCUT2D eigenvalue weighted by Crippen LogP contribution is -2.04. The second kappa shape index (κ2) is 5.98. The standard InChI is InChI=1S/C12H10BrClN2O/c13-9-7-11(14)12(16-8-9)17-6-4-10-3-1-2-5-15-10/h1-3,5,7-8H,4,6H2. The zero-order chi connectivity index (χ0) is 12.1. The van der Waals surface area contributed by atoms with E-state index in [1.165, 1.54) is 0 Å². The molecule has 0 bridgehead atoms. The Bertz CT molecular complexity index is 493. The second-order valence-corrected chi connectivity index (χ2v) is 4.68. The predicted octanol–water partition coefficient (Wildman–Crippen LogP) is 3.51. The van der Waals surface area contributed by atoms with Crippen LogP contribution >= 0.6 is 27.5 Å². The zero-order valence-corrected chi connectivity index (χ0v) is 11.3. The summed E-state index contributed by atoms with van der Waals surface area (Å²) in [6, 6.07) is 7.55. The number of hydrogen-bond donors (Lipinski definition) is 0.